The molecule has 0 aliphatic carbocycles. The summed E-state index contributed by atoms with van der Waals surface area (Å²) in [7, 11) is 0. The van der Waals surface area contributed by atoms with E-state index in [-0.39, 0.29) is 29.8 Å². The summed E-state index contributed by atoms with van der Waals surface area (Å²) in [4.78, 5) is 7.24. The van der Waals surface area contributed by atoms with Crippen molar-refractivity contribution in [1.82, 2.24) is 15.5 Å². The minimum Gasteiger partial charge on any atom is -0.494 e. The fourth-order valence-electron chi connectivity index (χ4n) is 3.26. The molecule has 0 amide bonds. The Hall–Kier alpha value is -1.09. The van der Waals surface area contributed by atoms with Crippen molar-refractivity contribution >= 4 is 29.9 Å². The summed E-state index contributed by atoms with van der Waals surface area (Å²) in [6.07, 6.45) is 5.47. The lowest BCUT2D eigenvalue weighted by Crippen LogP contribution is -2.48. The van der Waals surface area contributed by atoms with Gasteiger partial charge >= 0.3 is 0 Å². The van der Waals surface area contributed by atoms with Gasteiger partial charge in [-0.2, -0.15) is 0 Å². The van der Waals surface area contributed by atoms with Crippen LogP contribution in [-0.2, 0) is 0 Å². The third-order valence-corrected chi connectivity index (χ3v) is 4.72. The van der Waals surface area contributed by atoms with E-state index in [1.807, 2.05) is 0 Å². The van der Waals surface area contributed by atoms with E-state index in [1.165, 1.54) is 51.0 Å². The number of rotatable bonds is 10. The maximum atomic E-state index is 12.9. The molecule has 1 saturated heterocycles. The summed E-state index contributed by atoms with van der Waals surface area (Å²) in [6.45, 7) is 10.2. The van der Waals surface area contributed by atoms with Gasteiger partial charge in [-0.3, -0.25) is 4.99 Å². The van der Waals surface area contributed by atoms with Gasteiger partial charge in [-0.25, -0.2) is 4.39 Å². The number of hydrogen-bond acceptors (Lipinski definition) is 3. The smallest absolute Gasteiger partial charge is 0.191 e. The Bertz CT molecular complexity index is 548. The molecule has 5 nitrogen and oxygen atoms in total. The van der Waals surface area contributed by atoms with Gasteiger partial charge in [-0.1, -0.05) is 6.92 Å². The van der Waals surface area contributed by atoms with Crippen LogP contribution in [0.25, 0.3) is 0 Å². The van der Waals surface area contributed by atoms with Gasteiger partial charge in [0, 0.05) is 32.2 Å². The highest BCUT2D eigenvalue weighted by atomic mass is 127. The molecule has 1 aliphatic heterocycles. The minimum absolute atomic E-state index is 0. The van der Waals surface area contributed by atoms with E-state index < -0.39 is 0 Å². The van der Waals surface area contributed by atoms with Crippen molar-refractivity contribution in [2.75, 3.05) is 39.3 Å². The SMILES string of the molecule is CCCN1CCC(NC(=NCCCCOc2ccc(F)cc2)NCC)CC1.I. The molecular formula is C21H36FIN4O. The summed E-state index contributed by atoms with van der Waals surface area (Å²) >= 11 is 0. The first-order chi connectivity index (χ1) is 13.2. The second kappa shape index (κ2) is 14.8. The number of benzene rings is 1. The molecule has 1 fully saturated rings. The summed E-state index contributed by atoms with van der Waals surface area (Å²) in [6, 6.07) is 6.66. The molecule has 2 rings (SSSR count). The number of guanidine groups is 1. The number of likely N-dealkylation sites (tertiary alicyclic amines) is 1. The second-order valence-electron chi connectivity index (χ2n) is 7.03. The highest BCUT2D eigenvalue weighted by Crippen LogP contribution is 2.12. The lowest BCUT2D eigenvalue weighted by atomic mass is 10.1. The van der Waals surface area contributed by atoms with Crippen molar-refractivity contribution in [2.24, 2.45) is 4.99 Å². The molecular weight excluding hydrogens is 470 g/mol. The Morgan fingerprint density at radius 2 is 1.89 bits per heavy atom. The van der Waals surface area contributed by atoms with E-state index in [0.29, 0.717) is 18.4 Å². The van der Waals surface area contributed by atoms with Gasteiger partial charge in [0.25, 0.3) is 0 Å². The normalized spacial score (nSPS) is 15.8. The standard InChI is InChI=1S/C21H35FN4O.HI/c1-3-14-26-15-11-19(12-16-26)25-21(23-4-2)24-13-5-6-17-27-20-9-7-18(22)8-10-20;/h7-10,19H,3-6,11-17H2,1-2H3,(H2,23,24,25);1H. The number of nitrogens with one attached hydrogen (secondary N) is 2. The molecule has 2 N–H and O–H groups in total. The maximum Gasteiger partial charge on any atom is 0.191 e. The van der Waals surface area contributed by atoms with E-state index in [9.17, 15) is 4.39 Å². The van der Waals surface area contributed by atoms with Gasteiger partial charge in [0.2, 0.25) is 0 Å². The van der Waals surface area contributed by atoms with E-state index in [2.05, 4.69) is 29.4 Å². The van der Waals surface area contributed by atoms with Gasteiger partial charge in [-0.05, 0) is 69.8 Å². The quantitative estimate of drug-likeness (QED) is 0.218. The predicted octanol–water partition coefficient (Wildman–Crippen LogP) is 4.03. The Kier molecular flexibility index (Phi) is 13.2. The van der Waals surface area contributed by atoms with Gasteiger partial charge in [0.1, 0.15) is 11.6 Å². The van der Waals surface area contributed by atoms with Crippen LogP contribution in [-0.4, -0.2) is 56.2 Å². The van der Waals surface area contributed by atoms with Crippen LogP contribution in [0.1, 0.15) is 46.0 Å². The number of piperidine rings is 1. The Balaban J connectivity index is 0.00000392. The van der Waals surface area contributed by atoms with Gasteiger partial charge in [0.05, 0.1) is 6.61 Å². The predicted molar refractivity (Wildman–Crippen MR) is 125 cm³/mol. The van der Waals surface area contributed by atoms with Crippen molar-refractivity contribution in [2.45, 2.75) is 52.0 Å². The van der Waals surface area contributed by atoms with Crippen molar-refractivity contribution in [3.63, 3.8) is 0 Å². The van der Waals surface area contributed by atoms with Crippen LogP contribution < -0.4 is 15.4 Å². The molecule has 28 heavy (non-hydrogen) atoms. The highest BCUT2D eigenvalue weighted by molar-refractivity contribution is 14.0. The first kappa shape index (κ1) is 24.9. The third-order valence-electron chi connectivity index (χ3n) is 4.72. The molecule has 1 aliphatic rings. The summed E-state index contributed by atoms with van der Waals surface area (Å²) in [5.41, 5.74) is 0. The number of halogens is 2. The van der Waals surface area contributed by atoms with Crippen LogP contribution in [0.15, 0.2) is 29.3 Å². The van der Waals surface area contributed by atoms with Gasteiger partial charge < -0.3 is 20.3 Å². The summed E-state index contributed by atoms with van der Waals surface area (Å²) in [5.74, 6) is 1.39. The third kappa shape index (κ3) is 9.91. The van der Waals surface area contributed by atoms with Crippen LogP contribution in [0.5, 0.6) is 5.75 Å². The highest BCUT2D eigenvalue weighted by Gasteiger charge is 2.19. The summed E-state index contributed by atoms with van der Waals surface area (Å²) < 4.78 is 18.5. The average Bonchev–Trinajstić information content (AvgIpc) is 2.68. The molecule has 0 spiro atoms. The van der Waals surface area contributed by atoms with E-state index in [4.69, 9.17) is 9.73 Å². The lowest BCUT2D eigenvalue weighted by molar-refractivity contribution is 0.206. The topological polar surface area (TPSA) is 48.9 Å². The largest absolute Gasteiger partial charge is 0.494 e. The zero-order valence-electron chi connectivity index (χ0n) is 17.3. The Labute approximate surface area is 186 Å². The zero-order valence-corrected chi connectivity index (χ0v) is 19.6. The molecule has 0 saturated carbocycles. The summed E-state index contributed by atoms with van der Waals surface area (Å²) in [5, 5.41) is 6.93. The molecule has 160 valence electrons. The van der Waals surface area contributed by atoms with Crippen LogP contribution in [0.2, 0.25) is 0 Å². The van der Waals surface area contributed by atoms with Crippen molar-refractivity contribution in [3.8, 4) is 5.75 Å². The fraction of sp³-hybridized carbons (Fsp3) is 0.667. The molecule has 0 bridgehead atoms. The van der Waals surface area contributed by atoms with Gasteiger partial charge in [0.15, 0.2) is 5.96 Å². The average molecular weight is 506 g/mol. The van der Waals surface area contributed by atoms with Crippen LogP contribution >= 0.6 is 24.0 Å². The molecule has 1 heterocycles. The number of aliphatic imine (C=N–C) groups is 1. The molecule has 1 aromatic rings. The van der Waals surface area contributed by atoms with Crippen molar-refractivity contribution < 1.29 is 9.13 Å². The lowest BCUT2D eigenvalue weighted by Gasteiger charge is -2.32. The number of hydrogen-bond donors (Lipinski definition) is 2. The molecule has 0 atom stereocenters. The zero-order chi connectivity index (χ0) is 19.3. The monoisotopic (exact) mass is 506 g/mol. The first-order valence-electron chi connectivity index (χ1n) is 10.4. The molecule has 7 heteroatoms. The van der Waals surface area contributed by atoms with E-state index in [1.54, 1.807) is 12.1 Å². The van der Waals surface area contributed by atoms with Crippen LogP contribution in [0, 0.1) is 5.82 Å². The molecule has 0 unspecified atom stereocenters. The molecule has 1 aromatic carbocycles. The number of unbranched alkanes of at least 4 members (excludes halogenated alkanes) is 1. The molecule has 0 aromatic heterocycles. The van der Waals surface area contributed by atoms with E-state index >= 15 is 0 Å². The minimum atomic E-state index is -0.240. The Morgan fingerprint density at radius 3 is 2.54 bits per heavy atom. The van der Waals surface area contributed by atoms with Gasteiger partial charge in [-0.15, -0.1) is 24.0 Å². The fourth-order valence-corrected chi connectivity index (χ4v) is 3.26. The maximum absolute atomic E-state index is 12.9. The second-order valence-corrected chi connectivity index (χ2v) is 7.03. The Morgan fingerprint density at radius 1 is 1.18 bits per heavy atom. The van der Waals surface area contributed by atoms with Crippen LogP contribution in [0.4, 0.5) is 4.39 Å². The van der Waals surface area contributed by atoms with E-state index in [0.717, 1.165) is 31.9 Å². The van der Waals surface area contributed by atoms with Crippen molar-refractivity contribution in [3.05, 3.63) is 30.1 Å². The molecule has 0 radical (unpaired) electrons. The number of ether oxygens (including phenoxy) is 1. The van der Waals surface area contributed by atoms with Crippen molar-refractivity contribution in [1.29, 1.82) is 0 Å². The number of nitrogens with zero attached hydrogens (tertiary/aromatic N) is 2. The van der Waals surface area contributed by atoms with Crippen LogP contribution in [0.3, 0.4) is 0 Å². The first-order valence-corrected chi connectivity index (χ1v) is 10.4.